The summed E-state index contributed by atoms with van der Waals surface area (Å²) in [5.41, 5.74) is 5.39. The van der Waals surface area contributed by atoms with Gasteiger partial charge in [-0.25, -0.2) is 0 Å². The van der Waals surface area contributed by atoms with Crippen molar-refractivity contribution in [2.75, 3.05) is 11.5 Å². The van der Waals surface area contributed by atoms with Gasteiger partial charge in [0.05, 0.1) is 4.92 Å². The average Bonchev–Trinajstić information content (AvgIpc) is 2.16. The Bertz CT molecular complexity index is 385. The zero-order valence-electron chi connectivity index (χ0n) is 8.20. The number of nitrogen functional groups attached to an aromatic ring is 1. The highest BCUT2D eigenvalue weighted by Gasteiger charge is 2.20. The van der Waals surface area contributed by atoms with Crippen molar-refractivity contribution >= 4 is 34.7 Å². The van der Waals surface area contributed by atoms with Gasteiger partial charge in [-0.2, -0.15) is 0 Å². The molecule has 4 nitrogen and oxygen atoms in total. The fourth-order valence-electron chi connectivity index (χ4n) is 1.07. The molecule has 1 aromatic carbocycles. The number of rotatable bonds is 4. The Morgan fingerprint density at radius 2 is 2.27 bits per heavy atom. The number of nitro benzene ring substituents is 1. The highest BCUT2D eigenvalue weighted by atomic mass is 35.5. The number of nitrogens with two attached hydrogens (primary N) is 1. The molecule has 2 N–H and O–H groups in total. The molecule has 0 atom stereocenters. The van der Waals surface area contributed by atoms with E-state index in [1.54, 1.807) is 6.07 Å². The van der Waals surface area contributed by atoms with Crippen LogP contribution >= 0.6 is 23.4 Å². The van der Waals surface area contributed by atoms with E-state index in [0.29, 0.717) is 4.90 Å². The van der Waals surface area contributed by atoms with Crippen molar-refractivity contribution in [1.82, 2.24) is 0 Å². The van der Waals surface area contributed by atoms with E-state index in [4.69, 9.17) is 17.3 Å². The van der Waals surface area contributed by atoms with Gasteiger partial charge in [-0.05, 0) is 24.3 Å². The minimum absolute atomic E-state index is 0.103. The Balaban J connectivity index is 3.11. The minimum atomic E-state index is -0.548. The van der Waals surface area contributed by atoms with E-state index in [1.807, 2.05) is 6.92 Å². The molecular formula is C9H11ClN2O2S. The van der Waals surface area contributed by atoms with Crippen LogP contribution in [0, 0.1) is 10.1 Å². The van der Waals surface area contributed by atoms with Crippen molar-refractivity contribution in [2.45, 2.75) is 18.2 Å². The first kappa shape index (κ1) is 12.1. The van der Waals surface area contributed by atoms with Crippen LogP contribution in [0.5, 0.6) is 0 Å². The van der Waals surface area contributed by atoms with Crippen LogP contribution in [0.3, 0.4) is 0 Å². The van der Waals surface area contributed by atoms with Gasteiger partial charge >= 0.3 is 5.69 Å². The summed E-state index contributed by atoms with van der Waals surface area (Å²) in [5.74, 6) is 0.876. The molecule has 0 saturated carbocycles. The lowest BCUT2D eigenvalue weighted by atomic mass is 10.3. The van der Waals surface area contributed by atoms with E-state index in [1.165, 1.54) is 17.8 Å². The normalized spacial score (nSPS) is 10.3. The summed E-state index contributed by atoms with van der Waals surface area (Å²) in [6.45, 7) is 2.03. The average molecular weight is 247 g/mol. The Morgan fingerprint density at radius 1 is 1.60 bits per heavy atom. The summed E-state index contributed by atoms with van der Waals surface area (Å²) >= 11 is 7.40. The largest absolute Gasteiger partial charge is 0.393 e. The van der Waals surface area contributed by atoms with E-state index >= 15 is 0 Å². The van der Waals surface area contributed by atoms with Gasteiger partial charge in [-0.1, -0.05) is 18.5 Å². The molecule has 0 heterocycles. The molecule has 0 aliphatic rings. The quantitative estimate of drug-likeness (QED) is 0.383. The molecule has 0 radical (unpaired) electrons. The Morgan fingerprint density at radius 3 is 2.80 bits per heavy atom. The van der Waals surface area contributed by atoms with Crippen LogP contribution < -0.4 is 5.73 Å². The Hall–Kier alpha value is -0.940. The van der Waals surface area contributed by atoms with E-state index in [9.17, 15) is 10.1 Å². The van der Waals surface area contributed by atoms with Crippen molar-refractivity contribution in [2.24, 2.45) is 0 Å². The van der Waals surface area contributed by atoms with E-state index < -0.39 is 4.92 Å². The lowest BCUT2D eigenvalue weighted by Gasteiger charge is -2.05. The molecule has 15 heavy (non-hydrogen) atoms. The van der Waals surface area contributed by atoms with Crippen LogP contribution in [0.2, 0.25) is 5.02 Å². The van der Waals surface area contributed by atoms with Crippen LogP contribution in [0.25, 0.3) is 0 Å². The number of nitro groups is 1. The number of hydrogen-bond acceptors (Lipinski definition) is 4. The first-order valence-corrected chi connectivity index (χ1v) is 5.79. The third-order valence-corrected chi connectivity index (χ3v) is 3.51. The maximum Gasteiger partial charge on any atom is 0.311 e. The molecule has 0 spiro atoms. The fourth-order valence-corrected chi connectivity index (χ4v) is 2.29. The second-order valence-electron chi connectivity index (χ2n) is 2.92. The van der Waals surface area contributed by atoms with Crippen LogP contribution in [0.4, 0.5) is 11.4 Å². The number of anilines is 1. The molecule has 0 aliphatic carbocycles. The summed E-state index contributed by atoms with van der Waals surface area (Å²) < 4.78 is 0. The molecule has 6 heteroatoms. The topological polar surface area (TPSA) is 69.2 Å². The molecular weight excluding hydrogens is 236 g/mol. The number of nitrogens with zero attached hydrogens (tertiary/aromatic N) is 1. The molecule has 0 saturated heterocycles. The predicted octanol–water partition coefficient (Wildman–Crippen LogP) is 3.33. The number of hydrogen-bond donors (Lipinski definition) is 1. The third kappa shape index (κ3) is 2.76. The molecule has 0 aromatic heterocycles. The van der Waals surface area contributed by atoms with Crippen molar-refractivity contribution in [3.63, 3.8) is 0 Å². The molecule has 0 fully saturated rings. The van der Waals surface area contributed by atoms with E-state index in [-0.39, 0.29) is 16.4 Å². The SMILES string of the molecule is CCCSc1ccc(N)c([N+](=O)[O-])c1Cl. The van der Waals surface area contributed by atoms with Crippen LogP contribution in [0.15, 0.2) is 17.0 Å². The lowest BCUT2D eigenvalue weighted by Crippen LogP contribution is -1.97. The van der Waals surface area contributed by atoms with Gasteiger partial charge in [0, 0.05) is 4.90 Å². The third-order valence-electron chi connectivity index (χ3n) is 1.76. The summed E-state index contributed by atoms with van der Waals surface area (Å²) in [6, 6.07) is 3.23. The van der Waals surface area contributed by atoms with Gasteiger partial charge in [0.2, 0.25) is 0 Å². The van der Waals surface area contributed by atoms with E-state index in [2.05, 4.69) is 0 Å². The predicted molar refractivity (Wildman–Crippen MR) is 63.5 cm³/mol. The highest BCUT2D eigenvalue weighted by molar-refractivity contribution is 7.99. The molecule has 0 unspecified atom stereocenters. The maximum absolute atomic E-state index is 10.7. The van der Waals surface area contributed by atoms with Gasteiger partial charge < -0.3 is 5.73 Å². The lowest BCUT2D eigenvalue weighted by molar-refractivity contribution is -0.383. The smallest absolute Gasteiger partial charge is 0.311 e. The standard InChI is InChI=1S/C9H11ClN2O2S/c1-2-5-15-7-4-3-6(11)9(8(7)10)12(13)14/h3-4H,2,5,11H2,1H3. The first-order chi connectivity index (χ1) is 7.07. The second kappa shape index (κ2) is 5.23. The zero-order valence-corrected chi connectivity index (χ0v) is 9.77. The van der Waals surface area contributed by atoms with Crippen LogP contribution in [-0.2, 0) is 0 Å². The molecule has 0 amide bonds. The Kier molecular flexibility index (Phi) is 4.23. The molecule has 0 aliphatic heterocycles. The molecule has 1 rings (SSSR count). The number of benzene rings is 1. The summed E-state index contributed by atoms with van der Waals surface area (Å²) in [6.07, 6.45) is 0.985. The Labute approximate surface area is 96.9 Å². The number of halogens is 1. The first-order valence-electron chi connectivity index (χ1n) is 4.43. The van der Waals surface area contributed by atoms with Gasteiger partial charge in [0.15, 0.2) is 0 Å². The van der Waals surface area contributed by atoms with Gasteiger partial charge in [0.25, 0.3) is 0 Å². The molecule has 1 aromatic rings. The number of thioether (sulfide) groups is 1. The summed E-state index contributed by atoms with van der Waals surface area (Å²) in [4.78, 5) is 10.9. The zero-order chi connectivity index (χ0) is 11.4. The highest BCUT2D eigenvalue weighted by Crippen LogP contribution is 2.38. The minimum Gasteiger partial charge on any atom is -0.393 e. The molecule has 0 bridgehead atoms. The molecule has 82 valence electrons. The van der Waals surface area contributed by atoms with Crippen LogP contribution in [0.1, 0.15) is 13.3 Å². The maximum atomic E-state index is 10.7. The van der Waals surface area contributed by atoms with Gasteiger partial charge in [-0.15, -0.1) is 11.8 Å². The van der Waals surface area contributed by atoms with Gasteiger partial charge in [-0.3, -0.25) is 10.1 Å². The monoisotopic (exact) mass is 246 g/mol. The van der Waals surface area contributed by atoms with Crippen molar-refractivity contribution in [1.29, 1.82) is 0 Å². The van der Waals surface area contributed by atoms with Gasteiger partial charge in [0.1, 0.15) is 10.7 Å². The van der Waals surface area contributed by atoms with E-state index in [0.717, 1.165) is 12.2 Å². The fraction of sp³-hybridized carbons (Fsp3) is 0.333. The van der Waals surface area contributed by atoms with Crippen molar-refractivity contribution in [3.8, 4) is 0 Å². The second-order valence-corrected chi connectivity index (χ2v) is 4.44. The van der Waals surface area contributed by atoms with Crippen LogP contribution in [-0.4, -0.2) is 10.7 Å². The van der Waals surface area contributed by atoms with Crippen molar-refractivity contribution in [3.05, 3.63) is 27.3 Å². The van der Waals surface area contributed by atoms with Crippen molar-refractivity contribution < 1.29 is 4.92 Å². The summed E-state index contributed by atoms with van der Waals surface area (Å²) in [7, 11) is 0. The summed E-state index contributed by atoms with van der Waals surface area (Å²) in [5, 5.41) is 10.8.